The monoisotopic (exact) mass is 480 g/mol. The number of benzene rings is 2. The molecule has 1 heterocycles. The summed E-state index contributed by atoms with van der Waals surface area (Å²) < 4.78 is 98.9. The molecule has 2 aromatic carbocycles. The van der Waals surface area contributed by atoms with E-state index in [2.05, 4.69) is 5.32 Å². The molecule has 0 spiro atoms. The van der Waals surface area contributed by atoms with Gasteiger partial charge in [-0.2, -0.15) is 4.31 Å². The largest absolute Gasteiger partial charge is 0.383 e. The van der Waals surface area contributed by atoms with Crippen LogP contribution in [0.2, 0.25) is 0 Å². The van der Waals surface area contributed by atoms with Gasteiger partial charge in [0.25, 0.3) is 5.91 Å². The van der Waals surface area contributed by atoms with Crippen LogP contribution in [0.3, 0.4) is 0 Å². The van der Waals surface area contributed by atoms with Gasteiger partial charge in [0.05, 0.1) is 13.2 Å². The van der Waals surface area contributed by atoms with E-state index in [1.807, 2.05) is 0 Å². The zero-order chi connectivity index (χ0) is 23.7. The fourth-order valence-electron chi connectivity index (χ4n) is 2.98. The number of sulfonamides is 1. The maximum atomic E-state index is 14.4. The molecule has 1 aliphatic rings. The molecule has 1 unspecified atom stereocenters. The van der Waals surface area contributed by atoms with Crippen LogP contribution >= 0.6 is 0 Å². The zero-order valence-electron chi connectivity index (χ0n) is 16.2. The smallest absolute Gasteiger partial charge is 0.255 e. The van der Waals surface area contributed by atoms with Crippen molar-refractivity contribution in [1.82, 2.24) is 4.31 Å². The van der Waals surface area contributed by atoms with Crippen molar-refractivity contribution in [2.75, 3.05) is 38.3 Å². The molecule has 1 aliphatic heterocycles. The van der Waals surface area contributed by atoms with Gasteiger partial charge in [0.1, 0.15) is 23.0 Å². The highest BCUT2D eigenvalue weighted by atomic mass is 32.2. The summed E-state index contributed by atoms with van der Waals surface area (Å²) in [6, 6.07) is 3.29. The number of aliphatic hydroxyl groups is 1. The van der Waals surface area contributed by atoms with Crippen LogP contribution in [0.4, 0.5) is 27.6 Å². The second-order valence-corrected chi connectivity index (χ2v) is 9.01. The van der Waals surface area contributed by atoms with Crippen molar-refractivity contribution >= 4 is 21.6 Å². The van der Waals surface area contributed by atoms with Crippen molar-refractivity contribution < 1.29 is 45.0 Å². The summed E-state index contributed by atoms with van der Waals surface area (Å²) >= 11 is 0. The molecule has 1 fully saturated rings. The van der Waals surface area contributed by atoms with Crippen LogP contribution < -0.4 is 5.32 Å². The predicted molar refractivity (Wildman–Crippen MR) is 101 cm³/mol. The number of amides is 1. The van der Waals surface area contributed by atoms with Crippen LogP contribution in [0, 0.1) is 23.3 Å². The normalized spacial score (nSPS) is 20.1. The Hall–Kier alpha value is -2.61. The van der Waals surface area contributed by atoms with Crippen molar-refractivity contribution in [2.24, 2.45) is 0 Å². The van der Waals surface area contributed by atoms with Crippen LogP contribution in [-0.4, -0.2) is 62.3 Å². The number of nitrogens with zero attached hydrogens (tertiary/aromatic N) is 1. The minimum Gasteiger partial charge on any atom is -0.383 e. The maximum Gasteiger partial charge on any atom is 0.255 e. The number of carbonyl (C=O) groups is 1. The molecule has 1 amide bonds. The van der Waals surface area contributed by atoms with E-state index in [4.69, 9.17) is 4.74 Å². The number of rotatable bonds is 5. The summed E-state index contributed by atoms with van der Waals surface area (Å²) in [4.78, 5) is 11.5. The molecule has 2 N–H and O–H groups in total. The van der Waals surface area contributed by atoms with E-state index >= 15 is 0 Å². The van der Waals surface area contributed by atoms with Gasteiger partial charge in [0, 0.05) is 36.5 Å². The van der Waals surface area contributed by atoms with E-state index < -0.39 is 80.8 Å². The van der Waals surface area contributed by atoms with Gasteiger partial charge in [-0.3, -0.25) is 4.79 Å². The number of alkyl halides is 1. The Morgan fingerprint density at radius 1 is 1.12 bits per heavy atom. The summed E-state index contributed by atoms with van der Waals surface area (Å²) in [5, 5.41) is 12.2. The maximum absolute atomic E-state index is 14.4. The average Bonchev–Trinajstić information content (AvgIpc) is 2.95. The predicted octanol–water partition coefficient (Wildman–Crippen LogP) is 2.22. The minimum atomic E-state index is -4.64. The molecular weight excluding hydrogens is 463 g/mol. The second kappa shape index (κ2) is 9.10. The van der Waals surface area contributed by atoms with Gasteiger partial charge in [0.2, 0.25) is 10.0 Å². The third-order valence-electron chi connectivity index (χ3n) is 4.63. The number of hydrogen-bond donors (Lipinski definition) is 2. The highest BCUT2D eigenvalue weighted by Gasteiger charge is 2.39. The number of carbonyl (C=O) groups excluding carboxylic acids is 1. The first-order valence-corrected chi connectivity index (χ1v) is 10.5. The molecule has 7 nitrogen and oxygen atoms in total. The van der Waals surface area contributed by atoms with Crippen LogP contribution in [0.25, 0.3) is 0 Å². The first kappa shape index (κ1) is 24.0. The summed E-state index contributed by atoms with van der Waals surface area (Å²) in [5.74, 6) is -7.16. The molecular formula is C19H17F5N2O5S. The lowest BCUT2D eigenvalue weighted by molar-refractivity contribution is -0.0467. The van der Waals surface area contributed by atoms with Crippen molar-refractivity contribution in [3.8, 4) is 0 Å². The molecule has 174 valence electrons. The molecule has 2 aromatic rings. The van der Waals surface area contributed by atoms with Crippen molar-refractivity contribution in [1.29, 1.82) is 0 Å². The van der Waals surface area contributed by atoms with E-state index in [9.17, 15) is 40.3 Å². The first-order chi connectivity index (χ1) is 15.0. The SMILES string of the molecule is O=C(Nc1cc(F)c(F)c(F)c1)c1ccc(F)c(S(=O)(=O)N2CCOCC(O)(CF)C2)c1. The van der Waals surface area contributed by atoms with Crippen LogP contribution in [0.1, 0.15) is 10.4 Å². The Balaban J connectivity index is 1.91. The Kier molecular flexibility index (Phi) is 6.83. The number of β-amino-alcohol motifs (C(OH)–C–C–N with tert-alkyl or cyclic N) is 1. The summed E-state index contributed by atoms with van der Waals surface area (Å²) in [6.07, 6.45) is 0. The number of anilines is 1. The first-order valence-electron chi connectivity index (χ1n) is 9.08. The molecule has 3 rings (SSSR count). The Bertz CT molecular complexity index is 1120. The third-order valence-corrected chi connectivity index (χ3v) is 6.49. The molecule has 32 heavy (non-hydrogen) atoms. The Labute approximate surface area is 179 Å². The average molecular weight is 480 g/mol. The number of nitrogens with one attached hydrogen (secondary N) is 1. The van der Waals surface area contributed by atoms with E-state index in [0.717, 1.165) is 6.07 Å². The van der Waals surface area contributed by atoms with Crippen molar-refractivity contribution in [2.45, 2.75) is 10.5 Å². The Morgan fingerprint density at radius 3 is 2.41 bits per heavy atom. The highest BCUT2D eigenvalue weighted by Crippen LogP contribution is 2.25. The van der Waals surface area contributed by atoms with E-state index in [1.54, 1.807) is 0 Å². The standard InChI is InChI=1S/C19H17F5N2O5S/c20-8-19(28)9-26(3-4-31-10-19)32(29,30)16-5-11(1-2-13(16)21)18(27)25-12-6-14(22)17(24)15(23)7-12/h1-2,5-7,28H,3-4,8-10H2,(H,25,27). The third kappa shape index (κ3) is 4.90. The van der Waals surface area contributed by atoms with Gasteiger partial charge < -0.3 is 15.2 Å². The zero-order valence-corrected chi connectivity index (χ0v) is 17.1. The molecule has 0 radical (unpaired) electrons. The van der Waals surface area contributed by atoms with Crippen LogP contribution in [-0.2, 0) is 14.8 Å². The molecule has 0 aromatic heterocycles. The van der Waals surface area contributed by atoms with Gasteiger partial charge in [-0.15, -0.1) is 0 Å². The van der Waals surface area contributed by atoms with Crippen molar-refractivity contribution in [3.05, 3.63) is 59.2 Å². The van der Waals surface area contributed by atoms with E-state index in [1.165, 1.54) is 0 Å². The van der Waals surface area contributed by atoms with E-state index in [-0.39, 0.29) is 13.2 Å². The lowest BCUT2D eigenvalue weighted by Gasteiger charge is -2.27. The molecule has 0 saturated carbocycles. The fourth-order valence-corrected chi connectivity index (χ4v) is 4.57. The van der Waals surface area contributed by atoms with Gasteiger partial charge in [0.15, 0.2) is 17.5 Å². The molecule has 1 saturated heterocycles. The molecule has 1 atom stereocenters. The lowest BCUT2D eigenvalue weighted by Crippen LogP contribution is -2.48. The minimum absolute atomic E-state index is 0.189. The number of ether oxygens (including phenoxy) is 1. The Morgan fingerprint density at radius 2 is 1.78 bits per heavy atom. The van der Waals surface area contributed by atoms with Crippen LogP contribution in [0.5, 0.6) is 0 Å². The van der Waals surface area contributed by atoms with Gasteiger partial charge >= 0.3 is 0 Å². The quantitative estimate of drug-likeness (QED) is 0.506. The second-order valence-electron chi connectivity index (χ2n) is 7.10. The summed E-state index contributed by atoms with van der Waals surface area (Å²) in [7, 11) is -4.64. The number of hydrogen-bond acceptors (Lipinski definition) is 5. The highest BCUT2D eigenvalue weighted by molar-refractivity contribution is 7.89. The molecule has 0 bridgehead atoms. The summed E-state index contributed by atoms with van der Waals surface area (Å²) in [6.45, 7) is -2.99. The number of halogens is 5. The van der Waals surface area contributed by atoms with Gasteiger partial charge in [-0.1, -0.05) is 0 Å². The lowest BCUT2D eigenvalue weighted by atomic mass is 10.1. The topological polar surface area (TPSA) is 95.9 Å². The van der Waals surface area contributed by atoms with Crippen LogP contribution in [0.15, 0.2) is 35.2 Å². The molecule has 0 aliphatic carbocycles. The van der Waals surface area contributed by atoms with E-state index in [0.29, 0.717) is 28.6 Å². The fraction of sp³-hybridized carbons (Fsp3) is 0.316. The van der Waals surface area contributed by atoms with Gasteiger partial charge in [-0.25, -0.2) is 30.4 Å². The molecule has 13 heteroatoms. The van der Waals surface area contributed by atoms with Gasteiger partial charge in [-0.05, 0) is 18.2 Å². The van der Waals surface area contributed by atoms with Crippen molar-refractivity contribution in [3.63, 3.8) is 0 Å². The summed E-state index contributed by atoms with van der Waals surface area (Å²) in [5.41, 5.74) is -2.99.